The van der Waals surface area contributed by atoms with Gasteiger partial charge in [0.15, 0.2) is 5.69 Å². The minimum Gasteiger partial charge on any atom is -0.288 e. The second-order valence-electron chi connectivity index (χ2n) is 3.44. The third-order valence-corrected chi connectivity index (χ3v) is 2.25. The van der Waals surface area contributed by atoms with Gasteiger partial charge in [-0.1, -0.05) is 11.3 Å². The van der Waals surface area contributed by atoms with E-state index in [0.29, 0.717) is 0 Å². The number of benzene rings is 1. The van der Waals surface area contributed by atoms with E-state index in [4.69, 9.17) is 5.21 Å². The summed E-state index contributed by atoms with van der Waals surface area (Å²) >= 11 is 0. The third-order valence-electron chi connectivity index (χ3n) is 2.25. The van der Waals surface area contributed by atoms with E-state index in [0.717, 1.165) is 23.0 Å². The van der Waals surface area contributed by atoms with E-state index >= 15 is 0 Å². The number of halogens is 2. The molecule has 0 unspecified atom stereocenters. The lowest BCUT2D eigenvalue weighted by atomic mass is 10.2. The molecular weight excluding hydrogens is 246 g/mol. The van der Waals surface area contributed by atoms with Crippen molar-refractivity contribution in [1.29, 1.82) is 0 Å². The maximum absolute atomic E-state index is 13.3. The molecule has 8 heteroatoms. The van der Waals surface area contributed by atoms with Crippen molar-refractivity contribution in [2.45, 2.75) is 6.54 Å². The van der Waals surface area contributed by atoms with Gasteiger partial charge in [0.25, 0.3) is 5.91 Å². The van der Waals surface area contributed by atoms with Crippen LogP contribution in [-0.2, 0) is 6.54 Å². The van der Waals surface area contributed by atoms with Crippen LogP contribution in [0.3, 0.4) is 0 Å². The molecule has 1 heterocycles. The highest BCUT2D eigenvalue weighted by atomic mass is 19.1. The molecule has 0 aliphatic rings. The molecule has 0 bridgehead atoms. The van der Waals surface area contributed by atoms with Crippen molar-refractivity contribution in [3.05, 3.63) is 47.3 Å². The van der Waals surface area contributed by atoms with Gasteiger partial charge in [-0.05, 0) is 12.1 Å². The van der Waals surface area contributed by atoms with E-state index in [1.165, 1.54) is 11.5 Å². The molecular formula is C10H8F2N4O2. The lowest BCUT2D eigenvalue weighted by molar-refractivity contribution is 0.0700. The van der Waals surface area contributed by atoms with Crippen LogP contribution in [0.1, 0.15) is 16.1 Å². The third kappa shape index (κ3) is 2.33. The molecule has 2 N–H and O–H groups in total. The molecule has 1 aromatic heterocycles. The Kier molecular flexibility index (Phi) is 3.28. The molecule has 0 atom stereocenters. The summed E-state index contributed by atoms with van der Waals surface area (Å²) in [5.41, 5.74) is 1.04. The number of amides is 1. The molecule has 18 heavy (non-hydrogen) atoms. The fourth-order valence-corrected chi connectivity index (χ4v) is 1.38. The summed E-state index contributed by atoms with van der Waals surface area (Å²) in [4.78, 5) is 11.0. The van der Waals surface area contributed by atoms with Crippen LogP contribution in [0.15, 0.2) is 24.4 Å². The molecule has 1 aromatic carbocycles. The van der Waals surface area contributed by atoms with Gasteiger partial charge in [-0.2, -0.15) is 0 Å². The van der Waals surface area contributed by atoms with Crippen LogP contribution >= 0.6 is 0 Å². The monoisotopic (exact) mass is 254 g/mol. The number of hydrogen-bond acceptors (Lipinski definition) is 4. The van der Waals surface area contributed by atoms with E-state index < -0.39 is 17.5 Å². The summed E-state index contributed by atoms with van der Waals surface area (Å²) < 4.78 is 27.8. The first-order chi connectivity index (χ1) is 8.61. The van der Waals surface area contributed by atoms with Crippen molar-refractivity contribution < 1.29 is 18.8 Å². The van der Waals surface area contributed by atoms with Gasteiger partial charge in [-0.25, -0.2) is 18.9 Å². The van der Waals surface area contributed by atoms with Crippen molar-refractivity contribution in [3.63, 3.8) is 0 Å². The zero-order valence-electron chi connectivity index (χ0n) is 8.97. The average molecular weight is 254 g/mol. The fraction of sp³-hybridized carbons (Fsp3) is 0.100. The van der Waals surface area contributed by atoms with E-state index in [1.54, 1.807) is 0 Å². The number of hydroxylamine groups is 1. The molecule has 0 aliphatic heterocycles. The van der Waals surface area contributed by atoms with E-state index in [9.17, 15) is 13.6 Å². The Balaban J connectivity index is 2.24. The van der Waals surface area contributed by atoms with Gasteiger partial charge in [0, 0.05) is 5.56 Å². The van der Waals surface area contributed by atoms with Crippen molar-refractivity contribution in [2.24, 2.45) is 0 Å². The Labute approximate surface area is 99.8 Å². The highest BCUT2D eigenvalue weighted by Crippen LogP contribution is 2.13. The van der Waals surface area contributed by atoms with Gasteiger partial charge in [-0.3, -0.25) is 10.0 Å². The minimum atomic E-state index is -0.852. The number of rotatable bonds is 3. The Morgan fingerprint density at radius 2 is 2.06 bits per heavy atom. The number of nitrogens with one attached hydrogen (secondary N) is 1. The maximum Gasteiger partial charge on any atom is 0.296 e. The molecule has 6 nitrogen and oxygen atoms in total. The predicted octanol–water partition coefficient (Wildman–Crippen LogP) is 0.724. The Morgan fingerprint density at radius 1 is 1.39 bits per heavy atom. The van der Waals surface area contributed by atoms with E-state index in [1.807, 2.05) is 0 Å². The number of carbonyl (C=O) groups is 1. The summed E-state index contributed by atoms with van der Waals surface area (Å²) in [5.74, 6) is -2.27. The Hall–Kier alpha value is -2.35. The smallest absolute Gasteiger partial charge is 0.288 e. The number of nitrogens with zero attached hydrogens (tertiary/aromatic N) is 3. The molecule has 2 aromatic rings. The highest BCUT2D eigenvalue weighted by Gasteiger charge is 2.13. The largest absolute Gasteiger partial charge is 0.296 e. The van der Waals surface area contributed by atoms with Crippen LogP contribution in [0.2, 0.25) is 0 Å². The Morgan fingerprint density at radius 3 is 2.67 bits per heavy atom. The second-order valence-corrected chi connectivity index (χ2v) is 3.44. The fourth-order valence-electron chi connectivity index (χ4n) is 1.38. The van der Waals surface area contributed by atoms with E-state index in [-0.39, 0.29) is 17.8 Å². The van der Waals surface area contributed by atoms with Gasteiger partial charge < -0.3 is 0 Å². The zero-order valence-corrected chi connectivity index (χ0v) is 8.97. The second kappa shape index (κ2) is 4.88. The first-order valence-corrected chi connectivity index (χ1v) is 4.89. The summed E-state index contributed by atoms with van der Waals surface area (Å²) in [7, 11) is 0. The van der Waals surface area contributed by atoms with Crippen LogP contribution in [0.4, 0.5) is 8.78 Å². The van der Waals surface area contributed by atoms with Crippen molar-refractivity contribution in [2.75, 3.05) is 0 Å². The Bertz CT molecular complexity index is 565. The zero-order chi connectivity index (χ0) is 13.1. The highest BCUT2D eigenvalue weighted by molar-refractivity contribution is 5.90. The van der Waals surface area contributed by atoms with Crippen LogP contribution in [0.5, 0.6) is 0 Å². The summed E-state index contributed by atoms with van der Waals surface area (Å²) in [6, 6.07) is 3.49. The quantitative estimate of drug-likeness (QED) is 0.625. The molecule has 0 aliphatic carbocycles. The summed E-state index contributed by atoms with van der Waals surface area (Å²) in [6.07, 6.45) is 1.16. The van der Waals surface area contributed by atoms with Gasteiger partial charge >= 0.3 is 0 Å². The number of carbonyl (C=O) groups excluding carboxylic acids is 1. The molecule has 94 valence electrons. The maximum atomic E-state index is 13.3. The molecule has 0 saturated heterocycles. The van der Waals surface area contributed by atoms with Crippen LogP contribution in [-0.4, -0.2) is 26.1 Å². The first kappa shape index (κ1) is 12.1. The summed E-state index contributed by atoms with van der Waals surface area (Å²) in [6.45, 7) is -0.204. The van der Waals surface area contributed by atoms with Crippen molar-refractivity contribution >= 4 is 5.91 Å². The lowest BCUT2D eigenvalue weighted by Gasteiger charge is -2.03. The molecule has 0 saturated carbocycles. The van der Waals surface area contributed by atoms with Crippen molar-refractivity contribution in [1.82, 2.24) is 20.5 Å². The molecule has 0 fully saturated rings. The van der Waals surface area contributed by atoms with Gasteiger partial charge in [-0.15, -0.1) is 5.10 Å². The van der Waals surface area contributed by atoms with Gasteiger partial charge in [0.05, 0.1) is 12.7 Å². The number of aromatic nitrogens is 3. The summed E-state index contributed by atoms with van der Waals surface area (Å²) in [5, 5.41) is 15.3. The number of hydrogen-bond donors (Lipinski definition) is 2. The van der Waals surface area contributed by atoms with Crippen molar-refractivity contribution in [3.8, 4) is 0 Å². The first-order valence-electron chi connectivity index (χ1n) is 4.89. The average Bonchev–Trinajstić information content (AvgIpc) is 2.81. The molecule has 0 radical (unpaired) electrons. The minimum absolute atomic E-state index is 0.158. The standard InChI is InChI=1S/C10H8F2N4O2/c11-7-2-1-3-8(12)6(7)4-16-5-9(13-15-16)10(17)14-18/h1-3,5,18H,4H2,(H,14,17). The molecule has 1 amide bonds. The SMILES string of the molecule is O=C(NO)c1cn(Cc2c(F)cccc2F)nn1. The van der Waals surface area contributed by atoms with Gasteiger partial charge in [0.1, 0.15) is 11.6 Å². The van der Waals surface area contributed by atoms with Gasteiger partial charge in [0.2, 0.25) is 0 Å². The van der Waals surface area contributed by atoms with Crippen LogP contribution < -0.4 is 5.48 Å². The predicted molar refractivity (Wildman–Crippen MR) is 54.7 cm³/mol. The molecule has 2 rings (SSSR count). The van der Waals surface area contributed by atoms with Crippen LogP contribution in [0.25, 0.3) is 0 Å². The lowest BCUT2D eigenvalue weighted by Crippen LogP contribution is -2.18. The topological polar surface area (TPSA) is 80.0 Å². The van der Waals surface area contributed by atoms with E-state index in [2.05, 4.69) is 10.3 Å². The normalized spacial score (nSPS) is 10.4. The molecule has 0 spiro atoms. The van der Waals surface area contributed by atoms with Crippen LogP contribution in [0, 0.1) is 11.6 Å².